The van der Waals surface area contributed by atoms with Crippen LogP contribution < -0.4 is 0 Å². The molecular formula is C19H30O3. The van der Waals surface area contributed by atoms with Crippen LogP contribution in [0.4, 0.5) is 0 Å². The van der Waals surface area contributed by atoms with E-state index in [2.05, 4.69) is 13.8 Å². The molecule has 3 atom stereocenters. The zero-order chi connectivity index (χ0) is 16.4. The molecule has 3 nitrogen and oxygen atoms in total. The van der Waals surface area contributed by atoms with Crippen LogP contribution in [0.5, 0.6) is 0 Å². The Bertz CT molecular complexity index is 416. The average molecular weight is 306 g/mol. The summed E-state index contributed by atoms with van der Waals surface area (Å²) in [6, 6.07) is 9.00. The molecule has 0 aliphatic heterocycles. The van der Waals surface area contributed by atoms with Crippen molar-refractivity contribution >= 4 is 5.97 Å². The molecule has 0 radical (unpaired) electrons. The van der Waals surface area contributed by atoms with Crippen LogP contribution in [0.1, 0.15) is 63.2 Å². The smallest absolute Gasteiger partial charge is 0.338 e. The first-order valence-corrected chi connectivity index (χ1v) is 8.54. The minimum atomic E-state index is -0.398. The molecule has 0 aliphatic carbocycles. The zero-order valence-electron chi connectivity index (χ0n) is 14.1. The van der Waals surface area contributed by atoms with Gasteiger partial charge in [-0.25, -0.2) is 4.79 Å². The van der Waals surface area contributed by atoms with Crippen molar-refractivity contribution in [2.45, 2.75) is 59.0 Å². The quantitative estimate of drug-likeness (QED) is 0.650. The number of carbonyl (C=O) groups excluding carboxylic acids is 1. The first kappa shape index (κ1) is 18.7. The summed E-state index contributed by atoms with van der Waals surface area (Å²) in [4.78, 5) is 12.0. The number of aliphatic hydroxyl groups is 1. The molecule has 0 aliphatic rings. The van der Waals surface area contributed by atoms with Crippen LogP contribution in [-0.2, 0) is 4.74 Å². The summed E-state index contributed by atoms with van der Waals surface area (Å²) in [5, 5.41) is 10.6. The molecule has 0 saturated heterocycles. The van der Waals surface area contributed by atoms with E-state index in [4.69, 9.17) is 4.74 Å². The van der Waals surface area contributed by atoms with Crippen molar-refractivity contribution in [3.8, 4) is 0 Å². The molecule has 0 spiro atoms. The largest absolute Gasteiger partial charge is 0.462 e. The fourth-order valence-corrected chi connectivity index (χ4v) is 2.77. The van der Waals surface area contributed by atoms with Crippen molar-refractivity contribution in [3.05, 3.63) is 35.9 Å². The minimum absolute atomic E-state index is 0.00877. The maximum Gasteiger partial charge on any atom is 0.338 e. The number of aliphatic hydroxyl groups excluding tert-OH is 1. The molecular weight excluding hydrogens is 276 g/mol. The molecule has 0 bridgehead atoms. The van der Waals surface area contributed by atoms with E-state index in [1.165, 1.54) is 0 Å². The second-order valence-corrected chi connectivity index (χ2v) is 5.93. The number of unbranched alkanes of at least 4 members (excludes halogenated alkanes) is 1. The van der Waals surface area contributed by atoms with Gasteiger partial charge in [0.25, 0.3) is 0 Å². The highest BCUT2D eigenvalue weighted by atomic mass is 16.5. The monoisotopic (exact) mass is 306 g/mol. The van der Waals surface area contributed by atoms with Gasteiger partial charge in [-0.3, -0.25) is 0 Å². The molecule has 1 N–H and O–H groups in total. The summed E-state index contributed by atoms with van der Waals surface area (Å²) >= 11 is 0. The predicted octanol–water partition coefficient (Wildman–Crippen LogP) is 4.45. The highest BCUT2D eigenvalue weighted by Crippen LogP contribution is 2.24. The molecule has 1 aromatic carbocycles. The van der Waals surface area contributed by atoms with Crippen molar-refractivity contribution in [1.82, 2.24) is 0 Å². The topological polar surface area (TPSA) is 46.5 Å². The van der Waals surface area contributed by atoms with Gasteiger partial charge in [0, 0.05) is 5.92 Å². The van der Waals surface area contributed by atoms with Gasteiger partial charge in [0.2, 0.25) is 0 Å². The Morgan fingerprint density at radius 1 is 1.09 bits per heavy atom. The van der Waals surface area contributed by atoms with Gasteiger partial charge in [-0.2, -0.15) is 0 Å². The van der Waals surface area contributed by atoms with Gasteiger partial charge in [0.1, 0.15) is 0 Å². The van der Waals surface area contributed by atoms with E-state index in [1.54, 1.807) is 12.1 Å². The van der Waals surface area contributed by atoms with Gasteiger partial charge in [-0.1, -0.05) is 58.2 Å². The summed E-state index contributed by atoms with van der Waals surface area (Å²) in [6.07, 6.45) is 4.69. The van der Waals surface area contributed by atoms with E-state index in [0.29, 0.717) is 11.5 Å². The van der Waals surface area contributed by atoms with E-state index in [-0.39, 0.29) is 18.5 Å². The summed E-state index contributed by atoms with van der Waals surface area (Å²) in [5.41, 5.74) is 0.560. The van der Waals surface area contributed by atoms with Crippen LogP contribution >= 0.6 is 0 Å². The maximum atomic E-state index is 12.0. The summed E-state index contributed by atoms with van der Waals surface area (Å²) < 4.78 is 5.40. The number of rotatable bonds is 10. The molecule has 0 heterocycles. The highest BCUT2D eigenvalue weighted by molar-refractivity contribution is 5.89. The van der Waals surface area contributed by atoms with Gasteiger partial charge < -0.3 is 9.84 Å². The Morgan fingerprint density at radius 2 is 1.73 bits per heavy atom. The van der Waals surface area contributed by atoms with Crippen LogP contribution in [0.3, 0.4) is 0 Å². The Hall–Kier alpha value is -1.35. The lowest BCUT2D eigenvalue weighted by molar-refractivity contribution is -0.00191. The normalized spacial score (nSPS) is 15.1. The molecule has 124 valence electrons. The van der Waals surface area contributed by atoms with Crippen molar-refractivity contribution in [1.29, 1.82) is 0 Å². The van der Waals surface area contributed by atoms with E-state index < -0.39 is 6.10 Å². The van der Waals surface area contributed by atoms with Gasteiger partial charge in [-0.15, -0.1) is 0 Å². The van der Waals surface area contributed by atoms with Crippen LogP contribution in [0, 0.1) is 11.8 Å². The number of esters is 1. The third-order valence-electron chi connectivity index (χ3n) is 4.38. The fourth-order valence-electron chi connectivity index (χ4n) is 2.77. The summed E-state index contributed by atoms with van der Waals surface area (Å²) in [7, 11) is 0. The number of hydrogen-bond acceptors (Lipinski definition) is 3. The molecule has 0 fully saturated rings. The fraction of sp³-hybridized carbons (Fsp3) is 0.632. The third-order valence-corrected chi connectivity index (χ3v) is 4.38. The average Bonchev–Trinajstić information content (AvgIpc) is 2.56. The molecule has 0 aromatic heterocycles. The van der Waals surface area contributed by atoms with Gasteiger partial charge >= 0.3 is 5.97 Å². The van der Waals surface area contributed by atoms with Crippen LogP contribution in [0.15, 0.2) is 30.3 Å². The first-order chi connectivity index (χ1) is 10.6. The van der Waals surface area contributed by atoms with E-state index in [0.717, 1.165) is 32.1 Å². The van der Waals surface area contributed by atoms with Gasteiger partial charge in [0.15, 0.2) is 0 Å². The van der Waals surface area contributed by atoms with Crippen LogP contribution in [0.25, 0.3) is 0 Å². The van der Waals surface area contributed by atoms with Crippen molar-refractivity contribution in [3.63, 3.8) is 0 Å². The Labute approximate surface area is 134 Å². The lowest BCUT2D eigenvalue weighted by Gasteiger charge is -2.28. The maximum absolute atomic E-state index is 12.0. The number of benzene rings is 1. The molecule has 0 saturated carbocycles. The van der Waals surface area contributed by atoms with E-state index >= 15 is 0 Å². The molecule has 1 rings (SSSR count). The van der Waals surface area contributed by atoms with E-state index in [9.17, 15) is 9.90 Å². The molecule has 3 heteroatoms. The Kier molecular flexibility index (Phi) is 8.83. The highest BCUT2D eigenvalue weighted by Gasteiger charge is 2.26. The van der Waals surface area contributed by atoms with Crippen LogP contribution in [-0.4, -0.2) is 23.8 Å². The Morgan fingerprint density at radius 3 is 2.27 bits per heavy atom. The minimum Gasteiger partial charge on any atom is -0.462 e. The summed E-state index contributed by atoms with van der Waals surface area (Å²) in [6.45, 7) is 6.61. The van der Waals surface area contributed by atoms with E-state index in [1.807, 2.05) is 25.1 Å². The first-order valence-electron chi connectivity index (χ1n) is 8.54. The predicted molar refractivity (Wildman–Crippen MR) is 89.8 cm³/mol. The van der Waals surface area contributed by atoms with Crippen molar-refractivity contribution in [2.24, 2.45) is 11.8 Å². The van der Waals surface area contributed by atoms with Crippen molar-refractivity contribution < 1.29 is 14.6 Å². The van der Waals surface area contributed by atoms with Crippen molar-refractivity contribution in [2.75, 3.05) is 6.61 Å². The lowest BCUT2D eigenvalue weighted by Crippen LogP contribution is -2.32. The summed E-state index contributed by atoms with van der Waals surface area (Å²) in [5.74, 6) is -0.0114. The number of carbonyl (C=O) groups is 1. The SMILES string of the molecule is CCCCC(CC)C(O)C(CC)COC(=O)c1ccccc1. The van der Waals surface area contributed by atoms with Gasteiger partial charge in [0.05, 0.1) is 18.3 Å². The molecule has 22 heavy (non-hydrogen) atoms. The second kappa shape index (κ2) is 10.4. The molecule has 0 amide bonds. The number of ether oxygens (including phenoxy) is 1. The third kappa shape index (κ3) is 5.80. The molecule has 3 unspecified atom stereocenters. The number of hydrogen-bond donors (Lipinski definition) is 1. The Balaban J connectivity index is 2.54. The zero-order valence-corrected chi connectivity index (χ0v) is 14.1. The lowest BCUT2D eigenvalue weighted by atomic mass is 9.84. The van der Waals surface area contributed by atoms with Crippen LogP contribution in [0.2, 0.25) is 0 Å². The molecule has 1 aromatic rings. The van der Waals surface area contributed by atoms with Gasteiger partial charge in [-0.05, 0) is 30.9 Å². The standard InChI is InChI=1S/C19H30O3/c1-4-7-11-15(5-2)18(20)16(6-3)14-22-19(21)17-12-9-8-10-13-17/h8-10,12-13,15-16,18,20H,4-7,11,14H2,1-3H3. The second-order valence-electron chi connectivity index (χ2n) is 5.93.